The number of hydrogen-bond donors (Lipinski definition) is 12. The number of aliphatic hydroxyl groups is 2. The molecule has 0 spiro atoms. The third-order valence-corrected chi connectivity index (χ3v) is 21.7. The third-order valence-electron chi connectivity index (χ3n) is 20.5. The summed E-state index contributed by atoms with van der Waals surface area (Å²) in [4.78, 5) is 106. The van der Waals surface area contributed by atoms with Gasteiger partial charge in [0.1, 0.15) is 18.1 Å². The average Bonchev–Trinajstić information content (AvgIpc) is 1.53. The number of carbonyl (C=O) groups is 7. The van der Waals surface area contributed by atoms with E-state index in [9.17, 15) is 58.3 Å². The summed E-state index contributed by atoms with van der Waals surface area (Å²) in [7, 11) is -5.11. The summed E-state index contributed by atoms with van der Waals surface area (Å²) in [6.07, 6.45) is -4.10. The maximum Gasteiger partial charge on any atom is 0.473 e. The second kappa shape index (κ2) is 26.7. The number of hydrogen-bond acceptors (Lipinski definition) is 16. The van der Waals surface area contributed by atoms with Crippen LogP contribution < -0.4 is 49.9 Å². The summed E-state index contributed by atoms with van der Waals surface area (Å²) >= 11 is 0. The van der Waals surface area contributed by atoms with E-state index in [1.54, 1.807) is 11.0 Å². The topological polar surface area (TPSA) is 485 Å². The minimum Gasteiger partial charge on any atom is -0.681 e. The van der Waals surface area contributed by atoms with Crippen LogP contribution >= 0.6 is 7.82 Å². The molecule has 1 radical (unpaired) electrons. The monoisotopic (exact) mass is 1320 g/mol. The Kier molecular flexibility index (Phi) is 21.0. The van der Waals surface area contributed by atoms with Crippen LogP contribution in [0.5, 0.6) is 5.75 Å². The second-order valence-corrected chi connectivity index (χ2v) is 28.2. The van der Waals surface area contributed by atoms with Gasteiger partial charge in [0.15, 0.2) is 11.9 Å². The molecule has 7 aliphatic heterocycles. The van der Waals surface area contributed by atoms with E-state index in [4.69, 9.17) is 69.5 Å². The van der Waals surface area contributed by atoms with Gasteiger partial charge in [0.2, 0.25) is 47.6 Å². The number of primary amides is 6. The summed E-state index contributed by atoms with van der Waals surface area (Å²) in [5.74, 6) is -7.42. The number of rotatable bonds is 25. The van der Waals surface area contributed by atoms with E-state index in [2.05, 4.69) is 10.6 Å². The number of benzene rings is 1. The maximum atomic E-state index is 14.3. The summed E-state index contributed by atoms with van der Waals surface area (Å²) in [5, 5.41) is 59.6. The predicted molar refractivity (Wildman–Crippen MR) is 327 cm³/mol. The largest absolute Gasteiger partial charge is 0.681 e. The van der Waals surface area contributed by atoms with E-state index < -0.39 is 149 Å². The molecule has 7 aliphatic rings. The maximum absolute atomic E-state index is 14.3. The number of phosphoric acid groups is 1. The van der Waals surface area contributed by atoms with E-state index in [-0.39, 0.29) is 112 Å². The van der Waals surface area contributed by atoms with Crippen molar-refractivity contribution in [2.24, 2.45) is 79.7 Å². The number of anilines is 2. The smallest absolute Gasteiger partial charge is 0.473 e. The molecule has 5 saturated heterocycles. The zero-order valence-electron chi connectivity index (χ0n) is 52.3. The SMILES string of the molecule is C/C1=C2/[N-]/C(=C\C3[N-]/C(=C(/C)C4[N-][C@H]([C@H](CC(N)=O)[C@@]4(C)CCC(=O)NC[C@@H](C)OP(=O)(O)O[C@@H]4/C(=C\O)O[C@H](N5CNc6cc(O)ccc65)[C@@H]4O)[C@]4(C)[N-]C1[C@@H](CCC(N)=O)[C@]4(C)CC(N)=O)[C@@H](CCC(N)=O)C3(C)C)[C@@H](CCC(N)=O)[C@]2(C)CC(N)=O.[Co]. The van der Waals surface area contributed by atoms with Gasteiger partial charge in [-0.2, -0.15) is 17.1 Å². The van der Waals surface area contributed by atoms with Crippen molar-refractivity contribution >= 4 is 60.5 Å². The number of aliphatic hydroxyl groups excluding tert-OH is 2. The van der Waals surface area contributed by atoms with Gasteiger partial charge in [0.05, 0.1) is 24.1 Å². The van der Waals surface area contributed by atoms with E-state index in [1.165, 1.54) is 19.1 Å². The number of amides is 7. The summed E-state index contributed by atoms with van der Waals surface area (Å²) < 4.78 is 30.3. The molecule has 4 unspecified atom stereocenters. The molecular weight excluding hydrogens is 1230 g/mol. The van der Waals surface area contributed by atoms with Crippen molar-refractivity contribution in [1.29, 1.82) is 0 Å². The number of nitrogens with one attached hydrogen (secondary N) is 2. The van der Waals surface area contributed by atoms with Gasteiger partial charge in [0, 0.05) is 74.3 Å². The van der Waals surface area contributed by atoms with E-state index >= 15 is 0 Å². The van der Waals surface area contributed by atoms with Crippen molar-refractivity contribution in [3.63, 3.8) is 0 Å². The summed E-state index contributed by atoms with van der Waals surface area (Å²) in [6, 6.07) is 1.06. The molecule has 8 rings (SSSR count). The van der Waals surface area contributed by atoms with Crippen molar-refractivity contribution in [1.82, 2.24) is 5.32 Å². The Morgan fingerprint density at radius 3 is 2.09 bits per heavy atom. The van der Waals surface area contributed by atoms with Gasteiger partial charge in [-0.05, 0) is 104 Å². The molecule has 18 N–H and O–H groups in total. The summed E-state index contributed by atoms with van der Waals surface area (Å²) in [5.41, 5.74) is 34.1. The van der Waals surface area contributed by atoms with Gasteiger partial charge in [-0.15, -0.1) is 40.9 Å². The predicted octanol–water partition coefficient (Wildman–Crippen LogP) is 4.64. The van der Waals surface area contributed by atoms with Crippen LogP contribution in [0.1, 0.15) is 133 Å². The van der Waals surface area contributed by atoms with E-state index in [1.807, 2.05) is 61.5 Å². The molecule has 7 amide bonds. The van der Waals surface area contributed by atoms with Gasteiger partial charge in [-0.1, -0.05) is 47.6 Å². The number of aromatic hydroxyl groups is 1. The molecule has 1 aromatic rings. The standard InChI is InChI=1S/C60H88N13O15P.Co/c1-28(87-89(84,85)88-51-39(26-74)86-55(50(51)83)73-27-68-37-20-31(75)10-14-38(37)73)25-67-47(82)18-19-57(6)35(21-44(64)79)54-60(9)59(8,24-46(66)81)34(13-17-43(63)78)49(72-60)30(3)53-58(7,23-45(65)80)32(11-15-41(61)76)36(69-53)22-40-56(4,5)33(12-16-42(62)77)48(70-40)29(2)52(57)71-54;/h10,14,20,22,26,28,32-35,40,49-52,54-55,68,74-75,83H,11-13,15-19,21,23-25,27H2,1-9H3,(H2,61,76)(H2,62,77)(H2,63,78)(H2,64,79)(H2,65,80)(H2,66,81)(H,67,82)(H,84,85);/q-4;/b36-22-,39-26+,48-29-,53-30-;/t28-,32-,33-,34-,35+,40?,49?,50-,51-,52?,54-,55+,57-,58+,59+,60+;/m1./s1. The Hall–Kier alpha value is -6.43. The van der Waals surface area contributed by atoms with Crippen molar-refractivity contribution in [3.8, 4) is 5.75 Å². The van der Waals surface area contributed by atoms with Gasteiger partial charge in [-0.3, -0.25) is 42.6 Å². The molecule has 1 aromatic carbocycles. The number of nitrogens with zero attached hydrogens (tertiary/aromatic N) is 5. The number of phenols is 1. The van der Waals surface area contributed by atoms with Gasteiger partial charge in [-0.25, -0.2) is 4.57 Å². The molecule has 17 atom stereocenters. The summed E-state index contributed by atoms with van der Waals surface area (Å²) in [6.45, 7) is 16.3. The van der Waals surface area contributed by atoms with Crippen LogP contribution in [0.15, 0.2) is 64.5 Å². The van der Waals surface area contributed by atoms with Crippen molar-refractivity contribution in [2.75, 3.05) is 23.4 Å². The molecule has 0 aliphatic carbocycles. The molecule has 501 valence electrons. The molecule has 28 nitrogen and oxygen atoms in total. The van der Waals surface area contributed by atoms with Crippen LogP contribution in [-0.4, -0.2) is 129 Å². The van der Waals surface area contributed by atoms with Crippen molar-refractivity contribution in [3.05, 3.63) is 85.8 Å². The average molecular weight is 1320 g/mol. The minimum atomic E-state index is -5.11. The Bertz CT molecular complexity index is 3200. The zero-order valence-corrected chi connectivity index (χ0v) is 54.2. The number of allylic oxidation sites excluding steroid dienone is 3. The fourth-order valence-electron chi connectivity index (χ4n) is 15.8. The van der Waals surface area contributed by atoms with Crippen LogP contribution in [0.4, 0.5) is 11.4 Å². The fourth-order valence-corrected chi connectivity index (χ4v) is 16.9. The van der Waals surface area contributed by atoms with E-state index in [0.717, 1.165) is 0 Å². The Morgan fingerprint density at radius 1 is 0.867 bits per heavy atom. The molecule has 5 fully saturated rings. The molecular formula is C60H88CoN13O15P-4. The Morgan fingerprint density at radius 2 is 1.49 bits per heavy atom. The molecule has 0 saturated carbocycles. The molecule has 7 heterocycles. The number of phosphoric ester groups is 1. The molecule has 30 heteroatoms. The van der Waals surface area contributed by atoms with Crippen LogP contribution in [0.25, 0.3) is 21.3 Å². The van der Waals surface area contributed by atoms with Crippen LogP contribution in [-0.2, 0) is 68.7 Å². The van der Waals surface area contributed by atoms with Crippen molar-refractivity contribution in [2.45, 2.75) is 187 Å². The van der Waals surface area contributed by atoms with Crippen LogP contribution in [0, 0.1) is 45.3 Å². The second-order valence-electron chi connectivity index (χ2n) is 26.8. The van der Waals surface area contributed by atoms with Gasteiger partial charge >= 0.3 is 7.82 Å². The first-order valence-corrected chi connectivity index (χ1v) is 31.6. The number of phenolic OH excluding ortho intramolecular Hbond substituents is 1. The van der Waals surface area contributed by atoms with Crippen LogP contribution in [0.3, 0.4) is 0 Å². The number of carbonyl (C=O) groups excluding carboxylic acids is 7. The Labute approximate surface area is 534 Å². The fraction of sp³-hybridized carbons (Fsp3) is 0.650. The van der Waals surface area contributed by atoms with Gasteiger partial charge in [0.25, 0.3) is 0 Å². The first-order chi connectivity index (χ1) is 41.4. The minimum absolute atomic E-state index is 0. The number of fused-ring (bicyclic) bond motifs is 10. The molecule has 8 bridgehead atoms. The Balaban J connectivity index is 0.0000115. The number of ether oxygens (including phenoxy) is 1. The first kappa shape index (κ1) is 71.0. The third kappa shape index (κ3) is 13.6. The quantitative estimate of drug-likeness (QED) is 0.0468. The van der Waals surface area contributed by atoms with Crippen molar-refractivity contribution < 1.29 is 88.9 Å². The zero-order chi connectivity index (χ0) is 65.8. The molecule has 0 aromatic heterocycles. The van der Waals surface area contributed by atoms with E-state index in [0.29, 0.717) is 45.9 Å². The molecule has 90 heavy (non-hydrogen) atoms. The normalized spacial score (nSPS) is 36.7. The van der Waals surface area contributed by atoms with Crippen LogP contribution in [0.2, 0.25) is 0 Å². The first-order valence-electron chi connectivity index (χ1n) is 30.1. The number of nitrogens with two attached hydrogens (primary N) is 6. The van der Waals surface area contributed by atoms with Gasteiger partial charge < -0.3 is 96.2 Å².